The number of para-hydroxylation sites is 1. The van der Waals surface area contributed by atoms with Crippen molar-refractivity contribution in [3.8, 4) is 0 Å². The summed E-state index contributed by atoms with van der Waals surface area (Å²) in [6, 6.07) is 7.83. The summed E-state index contributed by atoms with van der Waals surface area (Å²) < 4.78 is 0. The van der Waals surface area contributed by atoms with Crippen molar-refractivity contribution in [2.75, 3.05) is 0 Å². The highest BCUT2D eigenvalue weighted by atomic mass is 16.2. The molecule has 1 aliphatic carbocycles. The molecule has 2 atom stereocenters. The molecule has 1 heterocycles. The first-order valence-electron chi connectivity index (χ1n) is 7.26. The summed E-state index contributed by atoms with van der Waals surface area (Å²) in [6.07, 6.45) is 4.95. The number of carbonyl (C=O) groups is 1. The number of amides is 1. The Bertz CT molecular complexity index is 615. The third-order valence-electron chi connectivity index (χ3n) is 4.15. The Balaban J connectivity index is 1.65. The van der Waals surface area contributed by atoms with Crippen molar-refractivity contribution in [2.24, 2.45) is 11.7 Å². The number of fused-ring (bicyclic) bond motifs is 1. The van der Waals surface area contributed by atoms with E-state index in [4.69, 9.17) is 5.73 Å². The quantitative estimate of drug-likeness (QED) is 0.778. The number of benzene rings is 1. The minimum atomic E-state index is -0.490. The smallest absolute Gasteiger partial charge is 0.237 e. The van der Waals surface area contributed by atoms with Crippen LogP contribution in [-0.4, -0.2) is 23.0 Å². The SMILES string of the molecule is CC(NC(=O)[C@@H](N)Cc1c[nH]c2ccccc12)C1CC1. The maximum absolute atomic E-state index is 12.1. The summed E-state index contributed by atoms with van der Waals surface area (Å²) in [5.41, 5.74) is 8.23. The fraction of sp³-hybridized carbons (Fsp3) is 0.438. The van der Waals surface area contributed by atoms with Crippen LogP contribution in [0.3, 0.4) is 0 Å². The summed E-state index contributed by atoms with van der Waals surface area (Å²) in [4.78, 5) is 15.3. The maximum Gasteiger partial charge on any atom is 0.237 e. The molecule has 3 rings (SSSR count). The molecule has 1 amide bonds. The molecule has 4 nitrogen and oxygen atoms in total. The largest absolute Gasteiger partial charge is 0.361 e. The van der Waals surface area contributed by atoms with E-state index < -0.39 is 6.04 Å². The van der Waals surface area contributed by atoms with Crippen molar-refractivity contribution in [2.45, 2.75) is 38.3 Å². The third kappa shape index (κ3) is 2.70. The molecule has 1 aromatic heterocycles. The molecule has 0 aliphatic heterocycles. The first-order valence-corrected chi connectivity index (χ1v) is 7.26. The fourth-order valence-electron chi connectivity index (χ4n) is 2.68. The van der Waals surface area contributed by atoms with Gasteiger partial charge in [-0.15, -0.1) is 0 Å². The lowest BCUT2D eigenvalue weighted by molar-refractivity contribution is -0.123. The molecule has 20 heavy (non-hydrogen) atoms. The van der Waals surface area contributed by atoms with Gasteiger partial charge in [0.1, 0.15) is 0 Å². The molecule has 2 aromatic rings. The molecule has 4 heteroatoms. The predicted octanol–water partition coefficient (Wildman–Crippen LogP) is 1.95. The van der Waals surface area contributed by atoms with Crippen LogP contribution < -0.4 is 11.1 Å². The number of carbonyl (C=O) groups excluding carboxylic acids is 1. The standard InChI is InChI=1S/C16H21N3O/c1-10(11-6-7-11)19-16(20)14(17)8-12-9-18-15-5-3-2-4-13(12)15/h2-5,9-11,14,18H,6-8,17H2,1H3,(H,19,20)/t10?,14-/m0/s1. The van der Waals surface area contributed by atoms with Crippen molar-refractivity contribution in [3.05, 3.63) is 36.0 Å². The first kappa shape index (κ1) is 13.2. The van der Waals surface area contributed by atoms with E-state index in [0.29, 0.717) is 12.3 Å². The second-order valence-corrected chi connectivity index (χ2v) is 5.80. The first-order chi connectivity index (χ1) is 9.65. The zero-order valence-electron chi connectivity index (χ0n) is 11.7. The minimum absolute atomic E-state index is 0.0466. The molecular weight excluding hydrogens is 250 g/mol. The Hall–Kier alpha value is -1.81. The molecule has 0 bridgehead atoms. The molecule has 106 valence electrons. The molecule has 0 spiro atoms. The maximum atomic E-state index is 12.1. The van der Waals surface area contributed by atoms with E-state index >= 15 is 0 Å². The lowest BCUT2D eigenvalue weighted by atomic mass is 10.0. The minimum Gasteiger partial charge on any atom is -0.361 e. The molecule has 1 saturated carbocycles. The van der Waals surface area contributed by atoms with Crippen molar-refractivity contribution >= 4 is 16.8 Å². The van der Waals surface area contributed by atoms with Crippen LogP contribution in [0.25, 0.3) is 10.9 Å². The highest BCUT2D eigenvalue weighted by Crippen LogP contribution is 2.32. The van der Waals surface area contributed by atoms with E-state index in [2.05, 4.69) is 23.3 Å². The Labute approximate surface area is 118 Å². The molecule has 0 radical (unpaired) electrons. The van der Waals surface area contributed by atoms with Gasteiger partial charge in [0.2, 0.25) is 5.91 Å². The van der Waals surface area contributed by atoms with Crippen LogP contribution >= 0.6 is 0 Å². The predicted molar refractivity (Wildman–Crippen MR) is 80.3 cm³/mol. The monoisotopic (exact) mass is 271 g/mol. The van der Waals surface area contributed by atoms with Crippen LogP contribution in [-0.2, 0) is 11.2 Å². The number of rotatable bonds is 5. The van der Waals surface area contributed by atoms with E-state index in [1.54, 1.807) is 0 Å². The van der Waals surface area contributed by atoms with Gasteiger partial charge in [0.05, 0.1) is 6.04 Å². The van der Waals surface area contributed by atoms with Crippen molar-refractivity contribution in [1.82, 2.24) is 10.3 Å². The highest BCUT2D eigenvalue weighted by Gasteiger charge is 2.30. The Morgan fingerprint density at radius 1 is 1.45 bits per heavy atom. The highest BCUT2D eigenvalue weighted by molar-refractivity contribution is 5.86. The summed E-state index contributed by atoms with van der Waals surface area (Å²) in [6.45, 7) is 2.06. The van der Waals surface area contributed by atoms with Gasteiger partial charge in [-0.3, -0.25) is 4.79 Å². The van der Waals surface area contributed by atoms with Crippen molar-refractivity contribution in [1.29, 1.82) is 0 Å². The lowest BCUT2D eigenvalue weighted by Gasteiger charge is -2.17. The number of hydrogen-bond donors (Lipinski definition) is 3. The number of aromatic nitrogens is 1. The molecule has 0 saturated heterocycles. The van der Waals surface area contributed by atoms with Crippen LogP contribution in [0.5, 0.6) is 0 Å². The van der Waals surface area contributed by atoms with Crippen LogP contribution in [0.2, 0.25) is 0 Å². The normalized spacial score (nSPS) is 17.9. The number of aromatic amines is 1. The number of nitrogens with two attached hydrogens (primary N) is 1. The van der Waals surface area contributed by atoms with Gasteiger partial charge in [0, 0.05) is 23.1 Å². The van der Waals surface area contributed by atoms with Gasteiger partial charge in [-0.05, 0) is 43.7 Å². The van der Waals surface area contributed by atoms with Gasteiger partial charge in [-0.25, -0.2) is 0 Å². The average molecular weight is 271 g/mol. The summed E-state index contributed by atoms with van der Waals surface area (Å²) in [7, 11) is 0. The Morgan fingerprint density at radius 2 is 2.20 bits per heavy atom. The number of hydrogen-bond acceptors (Lipinski definition) is 2. The zero-order chi connectivity index (χ0) is 14.1. The molecule has 1 aliphatic rings. The van der Waals surface area contributed by atoms with E-state index in [0.717, 1.165) is 16.5 Å². The summed E-state index contributed by atoms with van der Waals surface area (Å²) in [5.74, 6) is 0.605. The second-order valence-electron chi connectivity index (χ2n) is 5.80. The Kier molecular flexibility index (Phi) is 3.49. The number of H-pyrrole nitrogens is 1. The fourth-order valence-corrected chi connectivity index (χ4v) is 2.68. The third-order valence-corrected chi connectivity index (χ3v) is 4.15. The van der Waals surface area contributed by atoms with Crippen LogP contribution in [0.4, 0.5) is 0 Å². The molecular formula is C16H21N3O. The van der Waals surface area contributed by atoms with Crippen LogP contribution in [0.1, 0.15) is 25.3 Å². The molecule has 4 N–H and O–H groups in total. The van der Waals surface area contributed by atoms with Crippen LogP contribution in [0, 0.1) is 5.92 Å². The molecule has 1 aromatic carbocycles. The van der Waals surface area contributed by atoms with E-state index in [-0.39, 0.29) is 11.9 Å². The van der Waals surface area contributed by atoms with Crippen molar-refractivity contribution < 1.29 is 4.79 Å². The van der Waals surface area contributed by atoms with Gasteiger partial charge in [0.25, 0.3) is 0 Å². The van der Waals surface area contributed by atoms with E-state index in [1.807, 2.05) is 24.4 Å². The summed E-state index contributed by atoms with van der Waals surface area (Å²) in [5, 5.41) is 4.17. The number of nitrogens with one attached hydrogen (secondary N) is 2. The van der Waals surface area contributed by atoms with Gasteiger partial charge in [-0.1, -0.05) is 18.2 Å². The van der Waals surface area contributed by atoms with Gasteiger partial charge in [0.15, 0.2) is 0 Å². The lowest BCUT2D eigenvalue weighted by Crippen LogP contribution is -2.46. The average Bonchev–Trinajstić information content (AvgIpc) is 3.22. The van der Waals surface area contributed by atoms with Gasteiger partial charge in [-0.2, -0.15) is 0 Å². The zero-order valence-corrected chi connectivity index (χ0v) is 11.7. The molecule has 1 fully saturated rings. The molecule has 1 unspecified atom stereocenters. The second kappa shape index (κ2) is 5.29. The van der Waals surface area contributed by atoms with E-state index in [1.165, 1.54) is 12.8 Å². The van der Waals surface area contributed by atoms with E-state index in [9.17, 15) is 4.79 Å². The Morgan fingerprint density at radius 3 is 2.95 bits per heavy atom. The van der Waals surface area contributed by atoms with Crippen molar-refractivity contribution in [3.63, 3.8) is 0 Å². The van der Waals surface area contributed by atoms with Crippen LogP contribution in [0.15, 0.2) is 30.5 Å². The van der Waals surface area contributed by atoms with Gasteiger partial charge < -0.3 is 16.0 Å². The topological polar surface area (TPSA) is 70.9 Å². The summed E-state index contributed by atoms with van der Waals surface area (Å²) >= 11 is 0. The van der Waals surface area contributed by atoms with Gasteiger partial charge >= 0.3 is 0 Å².